The van der Waals surface area contributed by atoms with E-state index >= 15 is 0 Å². The highest BCUT2D eigenvalue weighted by Gasteiger charge is 2.20. The Labute approximate surface area is 138 Å². The number of nitrogens with one attached hydrogen (secondary N) is 2. The molecule has 1 atom stereocenters. The van der Waals surface area contributed by atoms with Gasteiger partial charge in [0.15, 0.2) is 11.4 Å². The average molecular weight is 336 g/mol. The van der Waals surface area contributed by atoms with Gasteiger partial charge in [0.05, 0.1) is 6.10 Å². The minimum Gasteiger partial charge on any atom is -0.489 e. The number of ether oxygens (including phenoxy) is 1. The molecule has 0 aliphatic carbocycles. The Kier molecular flexibility index (Phi) is 9.33. The number of amides is 1. The van der Waals surface area contributed by atoms with Gasteiger partial charge in [-0.3, -0.25) is 4.79 Å². The second-order valence-corrected chi connectivity index (χ2v) is 5.03. The first-order chi connectivity index (χ1) is 9.16. The first kappa shape index (κ1) is 20.0. The molecule has 1 aliphatic heterocycles. The fourth-order valence-corrected chi connectivity index (χ4v) is 2.14. The Morgan fingerprint density at radius 1 is 1.48 bits per heavy atom. The van der Waals surface area contributed by atoms with E-state index in [1.807, 2.05) is 13.8 Å². The number of aromatic nitrogens is 1. The Morgan fingerprint density at radius 2 is 2.24 bits per heavy atom. The first-order valence-corrected chi connectivity index (χ1v) is 6.80. The van der Waals surface area contributed by atoms with Crippen molar-refractivity contribution in [2.75, 3.05) is 13.1 Å². The van der Waals surface area contributed by atoms with Crippen LogP contribution in [0, 0.1) is 0 Å². The molecule has 0 bridgehead atoms. The quantitative estimate of drug-likeness (QED) is 0.885. The van der Waals surface area contributed by atoms with Crippen molar-refractivity contribution < 1.29 is 9.53 Å². The van der Waals surface area contributed by atoms with E-state index in [1.165, 1.54) is 0 Å². The van der Waals surface area contributed by atoms with Crippen molar-refractivity contribution in [1.82, 2.24) is 15.6 Å². The summed E-state index contributed by atoms with van der Waals surface area (Å²) in [7, 11) is 0. The van der Waals surface area contributed by atoms with Crippen LogP contribution in [0.4, 0.5) is 0 Å². The molecule has 1 fully saturated rings. The monoisotopic (exact) mass is 335 g/mol. The lowest BCUT2D eigenvalue weighted by Crippen LogP contribution is -2.45. The maximum absolute atomic E-state index is 12.2. The van der Waals surface area contributed by atoms with E-state index in [-0.39, 0.29) is 42.9 Å². The molecule has 0 spiro atoms. The summed E-state index contributed by atoms with van der Waals surface area (Å²) < 4.78 is 5.62. The van der Waals surface area contributed by atoms with Crippen LogP contribution in [0.25, 0.3) is 0 Å². The number of nitrogens with zero attached hydrogens (tertiary/aromatic N) is 1. The molecule has 0 saturated carbocycles. The van der Waals surface area contributed by atoms with Gasteiger partial charge in [0, 0.05) is 18.8 Å². The van der Waals surface area contributed by atoms with Crippen molar-refractivity contribution in [2.45, 2.75) is 38.8 Å². The molecule has 1 aromatic rings. The summed E-state index contributed by atoms with van der Waals surface area (Å²) in [5.74, 6) is 0.378. The second kappa shape index (κ2) is 9.82. The van der Waals surface area contributed by atoms with E-state index in [9.17, 15) is 4.79 Å². The number of halogens is 2. The average Bonchev–Trinajstić information content (AvgIpc) is 2.39. The van der Waals surface area contributed by atoms with Gasteiger partial charge >= 0.3 is 0 Å². The zero-order valence-corrected chi connectivity index (χ0v) is 13.9. The van der Waals surface area contributed by atoms with Gasteiger partial charge in [-0.05, 0) is 45.4 Å². The predicted molar refractivity (Wildman–Crippen MR) is 87.9 cm³/mol. The molecule has 0 unspecified atom stereocenters. The van der Waals surface area contributed by atoms with Crippen molar-refractivity contribution in [3.05, 3.63) is 24.0 Å². The lowest BCUT2D eigenvalue weighted by Gasteiger charge is -2.24. The highest BCUT2D eigenvalue weighted by molar-refractivity contribution is 5.95. The highest BCUT2D eigenvalue weighted by atomic mass is 35.5. The number of rotatable bonds is 4. The van der Waals surface area contributed by atoms with Gasteiger partial charge in [0.25, 0.3) is 5.91 Å². The fraction of sp³-hybridized carbons (Fsp3) is 0.571. The van der Waals surface area contributed by atoms with Crippen LogP contribution in [0.15, 0.2) is 18.3 Å². The molecule has 0 radical (unpaired) electrons. The Morgan fingerprint density at radius 3 is 2.86 bits per heavy atom. The van der Waals surface area contributed by atoms with E-state index in [0.717, 1.165) is 25.9 Å². The third kappa shape index (κ3) is 6.08. The van der Waals surface area contributed by atoms with Crippen molar-refractivity contribution in [1.29, 1.82) is 0 Å². The lowest BCUT2D eigenvalue weighted by atomic mass is 10.1. The molecule has 7 heteroatoms. The normalized spacial score (nSPS) is 17.4. The van der Waals surface area contributed by atoms with Crippen molar-refractivity contribution in [3.63, 3.8) is 0 Å². The SMILES string of the molecule is CC(C)Oc1cccnc1C(=O)N[C@H]1CCCNC1.Cl.Cl. The molecule has 5 nitrogen and oxygen atoms in total. The molecule has 2 rings (SSSR count). The topological polar surface area (TPSA) is 63.2 Å². The van der Waals surface area contributed by atoms with Crippen LogP contribution in [0.2, 0.25) is 0 Å². The maximum atomic E-state index is 12.2. The number of carbonyl (C=O) groups is 1. The van der Waals surface area contributed by atoms with Crippen molar-refractivity contribution >= 4 is 30.7 Å². The fourth-order valence-electron chi connectivity index (χ4n) is 2.14. The third-order valence-corrected chi connectivity index (χ3v) is 2.98. The molecule has 1 amide bonds. The molecule has 21 heavy (non-hydrogen) atoms. The van der Waals surface area contributed by atoms with E-state index in [0.29, 0.717) is 11.4 Å². The number of carbonyl (C=O) groups excluding carboxylic acids is 1. The van der Waals surface area contributed by atoms with E-state index < -0.39 is 0 Å². The summed E-state index contributed by atoms with van der Waals surface area (Å²) >= 11 is 0. The smallest absolute Gasteiger partial charge is 0.274 e. The molecular weight excluding hydrogens is 313 g/mol. The van der Waals surface area contributed by atoms with Crippen molar-refractivity contribution in [3.8, 4) is 5.75 Å². The minimum absolute atomic E-state index is 0. The van der Waals surface area contributed by atoms with E-state index in [2.05, 4.69) is 15.6 Å². The summed E-state index contributed by atoms with van der Waals surface area (Å²) in [6.45, 7) is 5.70. The van der Waals surface area contributed by atoms with Crippen LogP contribution >= 0.6 is 24.8 Å². The number of hydrogen-bond acceptors (Lipinski definition) is 4. The molecular formula is C14H23Cl2N3O2. The van der Waals surface area contributed by atoms with Crippen LogP contribution in [-0.4, -0.2) is 36.1 Å². The Bertz CT molecular complexity index is 438. The van der Waals surface area contributed by atoms with Crippen LogP contribution in [0.1, 0.15) is 37.2 Å². The molecule has 1 aromatic heterocycles. The molecule has 1 saturated heterocycles. The van der Waals surface area contributed by atoms with E-state index in [1.54, 1.807) is 18.3 Å². The van der Waals surface area contributed by atoms with Gasteiger partial charge in [-0.15, -0.1) is 24.8 Å². The van der Waals surface area contributed by atoms with Crippen LogP contribution in [-0.2, 0) is 0 Å². The second-order valence-electron chi connectivity index (χ2n) is 5.03. The van der Waals surface area contributed by atoms with Gasteiger partial charge in [0.1, 0.15) is 0 Å². The molecule has 2 heterocycles. The number of pyridine rings is 1. The van der Waals surface area contributed by atoms with Gasteiger partial charge in [0.2, 0.25) is 0 Å². The summed E-state index contributed by atoms with van der Waals surface area (Å²) in [6, 6.07) is 3.73. The largest absolute Gasteiger partial charge is 0.489 e. The molecule has 2 N–H and O–H groups in total. The molecule has 120 valence electrons. The summed E-state index contributed by atoms with van der Waals surface area (Å²) in [6.07, 6.45) is 3.72. The van der Waals surface area contributed by atoms with Gasteiger partial charge in [-0.25, -0.2) is 4.98 Å². The molecule has 0 aromatic carbocycles. The van der Waals surface area contributed by atoms with Crippen LogP contribution < -0.4 is 15.4 Å². The number of piperidine rings is 1. The first-order valence-electron chi connectivity index (χ1n) is 6.80. The van der Waals surface area contributed by atoms with Gasteiger partial charge < -0.3 is 15.4 Å². The van der Waals surface area contributed by atoms with Crippen molar-refractivity contribution in [2.24, 2.45) is 0 Å². The number of hydrogen-bond donors (Lipinski definition) is 2. The standard InChI is InChI=1S/C14H21N3O2.2ClH/c1-10(2)19-12-6-4-8-16-13(12)14(18)17-11-5-3-7-15-9-11;;/h4,6,8,10-11,15H,3,5,7,9H2,1-2H3,(H,17,18);2*1H/t11-;;/m0../s1. The van der Waals surface area contributed by atoms with Gasteiger partial charge in [-0.1, -0.05) is 0 Å². The van der Waals surface area contributed by atoms with Gasteiger partial charge in [-0.2, -0.15) is 0 Å². The Balaban J connectivity index is 0.00000200. The predicted octanol–water partition coefficient (Wildman–Crippen LogP) is 2.19. The summed E-state index contributed by atoms with van der Waals surface area (Å²) in [4.78, 5) is 16.4. The summed E-state index contributed by atoms with van der Waals surface area (Å²) in [5.41, 5.74) is 0.363. The third-order valence-electron chi connectivity index (χ3n) is 2.98. The Hall–Kier alpha value is -1.04. The maximum Gasteiger partial charge on any atom is 0.274 e. The molecule has 1 aliphatic rings. The van der Waals surface area contributed by atoms with Crippen LogP contribution in [0.5, 0.6) is 5.75 Å². The summed E-state index contributed by atoms with van der Waals surface area (Å²) in [5, 5.41) is 6.28. The van der Waals surface area contributed by atoms with E-state index in [4.69, 9.17) is 4.74 Å². The zero-order chi connectivity index (χ0) is 13.7. The zero-order valence-electron chi connectivity index (χ0n) is 12.3. The highest BCUT2D eigenvalue weighted by Crippen LogP contribution is 2.17. The van der Waals surface area contributed by atoms with Crippen LogP contribution in [0.3, 0.4) is 0 Å². The minimum atomic E-state index is -0.162. The lowest BCUT2D eigenvalue weighted by molar-refractivity contribution is 0.0919.